The van der Waals surface area contributed by atoms with Gasteiger partial charge in [0.05, 0.1) is 5.60 Å². The summed E-state index contributed by atoms with van der Waals surface area (Å²) < 4.78 is 5.99. The number of hydrogen-bond donors (Lipinski definition) is 0. The van der Waals surface area contributed by atoms with Crippen LogP contribution in [-0.2, 0) is 4.74 Å². The van der Waals surface area contributed by atoms with Crippen LogP contribution < -0.4 is 0 Å². The Morgan fingerprint density at radius 3 is 1.70 bits per heavy atom. The second-order valence-electron chi connectivity index (χ2n) is 6.37. The molecule has 20 heavy (non-hydrogen) atoms. The van der Waals surface area contributed by atoms with Gasteiger partial charge < -0.3 is 4.74 Å². The Kier molecular flexibility index (Phi) is 12.7. The van der Waals surface area contributed by atoms with Crippen LogP contribution in [0.25, 0.3) is 0 Å². The first kappa shape index (κ1) is 20.0. The monoisotopic (exact) mass is 284 g/mol. The maximum atomic E-state index is 5.99. The lowest BCUT2D eigenvalue weighted by atomic mass is 9.76. The Morgan fingerprint density at radius 2 is 1.20 bits per heavy atom. The zero-order valence-electron chi connectivity index (χ0n) is 15.0. The molecule has 1 heteroatoms. The minimum atomic E-state index is 0.137. The van der Waals surface area contributed by atoms with Gasteiger partial charge >= 0.3 is 0 Å². The Labute approximate surface area is 128 Å². The average molecular weight is 285 g/mol. The van der Waals surface area contributed by atoms with Crippen molar-refractivity contribution in [2.24, 2.45) is 5.92 Å². The number of rotatable bonds is 14. The third-order valence-electron chi connectivity index (χ3n) is 5.16. The fourth-order valence-electron chi connectivity index (χ4n) is 3.57. The zero-order chi connectivity index (χ0) is 15.3. The van der Waals surface area contributed by atoms with Gasteiger partial charge in [0.2, 0.25) is 0 Å². The van der Waals surface area contributed by atoms with Gasteiger partial charge in [-0.3, -0.25) is 0 Å². The summed E-state index contributed by atoms with van der Waals surface area (Å²) >= 11 is 0. The van der Waals surface area contributed by atoms with E-state index >= 15 is 0 Å². The molecule has 0 saturated carbocycles. The van der Waals surface area contributed by atoms with Gasteiger partial charge in [-0.05, 0) is 31.6 Å². The van der Waals surface area contributed by atoms with E-state index < -0.39 is 0 Å². The van der Waals surface area contributed by atoms with E-state index in [9.17, 15) is 0 Å². The first-order valence-electron chi connectivity index (χ1n) is 9.25. The highest BCUT2D eigenvalue weighted by molar-refractivity contribution is 4.86. The smallest absolute Gasteiger partial charge is 0.0701 e. The van der Waals surface area contributed by atoms with E-state index in [1.165, 1.54) is 64.2 Å². The van der Waals surface area contributed by atoms with E-state index in [0.717, 1.165) is 18.8 Å². The fraction of sp³-hybridized carbons (Fsp3) is 1.00. The lowest BCUT2D eigenvalue weighted by molar-refractivity contribution is -0.0711. The predicted molar refractivity (Wildman–Crippen MR) is 91.3 cm³/mol. The topological polar surface area (TPSA) is 9.23 Å². The van der Waals surface area contributed by atoms with E-state index in [1.807, 2.05) is 7.11 Å². The third kappa shape index (κ3) is 7.11. The van der Waals surface area contributed by atoms with Crippen LogP contribution in [0.2, 0.25) is 0 Å². The number of methoxy groups -OCH3 is 1. The summed E-state index contributed by atoms with van der Waals surface area (Å²) in [5.74, 6) is 0.758. The molecular formula is C19H40O. The van der Waals surface area contributed by atoms with E-state index in [4.69, 9.17) is 4.74 Å². The summed E-state index contributed by atoms with van der Waals surface area (Å²) in [4.78, 5) is 0. The lowest BCUT2D eigenvalue weighted by Crippen LogP contribution is -2.39. The highest BCUT2D eigenvalue weighted by atomic mass is 16.5. The number of ether oxygens (including phenoxy) is 1. The Balaban J connectivity index is 4.25. The van der Waals surface area contributed by atoms with Gasteiger partial charge in [0, 0.05) is 7.11 Å². The van der Waals surface area contributed by atoms with Gasteiger partial charge in [0.15, 0.2) is 0 Å². The summed E-state index contributed by atoms with van der Waals surface area (Å²) in [6.45, 7) is 9.19. The van der Waals surface area contributed by atoms with Crippen molar-refractivity contribution >= 4 is 0 Å². The van der Waals surface area contributed by atoms with Crippen molar-refractivity contribution in [3.63, 3.8) is 0 Å². The van der Waals surface area contributed by atoms with Crippen LogP contribution in [0.5, 0.6) is 0 Å². The molecule has 122 valence electrons. The molecule has 0 aliphatic carbocycles. The molecule has 1 atom stereocenters. The molecule has 0 fully saturated rings. The van der Waals surface area contributed by atoms with Crippen molar-refractivity contribution in [2.75, 3.05) is 7.11 Å². The van der Waals surface area contributed by atoms with Gasteiger partial charge in [-0.25, -0.2) is 0 Å². The van der Waals surface area contributed by atoms with Crippen LogP contribution in [0, 0.1) is 5.92 Å². The maximum Gasteiger partial charge on any atom is 0.0701 e. The van der Waals surface area contributed by atoms with Crippen LogP contribution in [0.4, 0.5) is 0 Å². The van der Waals surface area contributed by atoms with Gasteiger partial charge in [-0.15, -0.1) is 0 Å². The highest BCUT2D eigenvalue weighted by Crippen LogP contribution is 2.36. The summed E-state index contributed by atoms with van der Waals surface area (Å²) in [5, 5.41) is 0. The lowest BCUT2D eigenvalue weighted by Gasteiger charge is -2.39. The Morgan fingerprint density at radius 1 is 0.700 bits per heavy atom. The standard InChI is InChI=1S/C19H40O/c1-6-10-12-13-14-15-17-18(16-11-7-2)19(8-3,9-4)20-5/h18H,6-17H2,1-5H3. The largest absolute Gasteiger partial charge is 0.378 e. The predicted octanol–water partition coefficient (Wildman–Crippen LogP) is 6.75. The van der Waals surface area contributed by atoms with Gasteiger partial charge in [0.1, 0.15) is 0 Å². The van der Waals surface area contributed by atoms with Gasteiger partial charge in [-0.2, -0.15) is 0 Å². The van der Waals surface area contributed by atoms with Crippen LogP contribution >= 0.6 is 0 Å². The van der Waals surface area contributed by atoms with E-state index in [1.54, 1.807) is 0 Å². The first-order valence-corrected chi connectivity index (χ1v) is 9.25. The summed E-state index contributed by atoms with van der Waals surface area (Å²) in [7, 11) is 1.92. The maximum absolute atomic E-state index is 5.99. The van der Waals surface area contributed by atoms with Gasteiger partial charge in [0.25, 0.3) is 0 Å². The second-order valence-corrected chi connectivity index (χ2v) is 6.37. The van der Waals surface area contributed by atoms with Crippen molar-refractivity contribution in [1.82, 2.24) is 0 Å². The molecule has 0 heterocycles. The van der Waals surface area contributed by atoms with Gasteiger partial charge in [-0.1, -0.05) is 79.1 Å². The summed E-state index contributed by atoms with van der Waals surface area (Å²) in [6, 6.07) is 0. The molecule has 0 aromatic heterocycles. The molecule has 0 aliphatic heterocycles. The molecule has 0 aromatic rings. The highest BCUT2D eigenvalue weighted by Gasteiger charge is 2.34. The average Bonchev–Trinajstić information content (AvgIpc) is 2.49. The fourth-order valence-corrected chi connectivity index (χ4v) is 3.57. The Bertz CT molecular complexity index is 188. The van der Waals surface area contributed by atoms with E-state index in [2.05, 4.69) is 27.7 Å². The molecule has 0 bridgehead atoms. The molecular weight excluding hydrogens is 244 g/mol. The minimum Gasteiger partial charge on any atom is -0.378 e. The Hall–Kier alpha value is -0.0400. The van der Waals surface area contributed by atoms with Crippen LogP contribution in [0.1, 0.15) is 105 Å². The normalized spacial score (nSPS) is 13.7. The van der Waals surface area contributed by atoms with Crippen molar-refractivity contribution in [2.45, 2.75) is 110 Å². The van der Waals surface area contributed by atoms with E-state index in [-0.39, 0.29) is 5.60 Å². The molecule has 0 aromatic carbocycles. The first-order chi connectivity index (χ1) is 9.70. The molecule has 0 spiro atoms. The molecule has 1 nitrogen and oxygen atoms in total. The number of unbranched alkanes of at least 4 members (excludes halogenated alkanes) is 6. The quantitative estimate of drug-likeness (QED) is 0.321. The van der Waals surface area contributed by atoms with Crippen LogP contribution in [0.15, 0.2) is 0 Å². The van der Waals surface area contributed by atoms with Crippen molar-refractivity contribution in [3.05, 3.63) is 0 Å². The number of hydrogen-bond acceptors (Lipinski definition) is 1. The molecule has 0 rings (SSSR count). The zero-order valence-corrected chi connectivity index (χ0v) is 15.0. The molecule has 1 unspecified atom stereocenters. The van der Waals surface area contributed by atoms with Crippen molar-refractivity contribution < 1.29 is 4.74 Å². The molecule has 0 saturated heterocycles. The van der Waals surface area contributed by atoms with Crippen LogP contribution in [0.3, 0.4) is 0 Å². The SMILES string of the molecule is CCCCCCCCC(CCCC)C(CC)(CC)OC. The van der Waals surface area contributed by atoms with E-state index in [0.29, 0.717) is 0 Å². The van der Waals surface area contributed by atoms with Crippen molar-refractivity contribution in [3.8, 4) is 0 Å². The minimum absolute atomic E-state index is 0.137. The second kappa shape index (κ2) is 12.7. The summed E-state index contributed by atoms with van der Waals surface area (Å²) in [5.41, 5.74) is 0.137. The molecule has 0 N–H and O–H groups in total. The summed E-state index contributed by atoms with van der Waals surface area (Å²) in [6.07, 6.45) is 16.1. The van der Waals surface area contributed by atoms with Crippen LogP contribution in [-0.4, -0.2) is 12.7 Å². The molecule has 0 amide bonds. The van der Waals surface area contributed by atoms with Crippen molar-refractivity contribution in [1.29, 1.82) is 0 Å². The third-order valence-corrected chi connectivity index (χ3v) is 5.16. The molecule has 0 aliphatic rings. The molecule has 0 radical (unpaired) electrons.